The number of nitrogens with one attached hydrogen (secondary N) is 1. The van der Waals surface area contributed by atoms with E-state index in [0.717, 1.165) is 5.56 Å². The molecule has 7 nitrogen and oxygen atoms in total. The molecule has 0 fully saturated rings. The number of hydrogen-bond donors (Lipinski definition) is 2. The van der Waals surface area contributed by atoms with Crippen LogP contribution in [0.2, 0.25) is 0 Å². The van der Waals surface area contributed by atoms with E-state index in [0.29, 0.717) is 17.0 Å². The van der Waals surface area contributed by atoms with Crippen molar-refractivity contribution in [2.45, 2.75) is 39.2 Å². The zero-order valence-electron chi connectivity index (χ0n) is 17.0. The van der Waals surface area contributed by atoms with Gasteiger partial charge in [-0.3, -0.25) is 9.59 Å². The summed E-state index contributed by atoms with van der Waals surface area (Å²) in [6, 6.07) is 13.5. The molecule has 154 valence electrons. The zero-order chi connectivity index (χ0) is 21.6. The SMILES string of the molecule is C[C@H](OC(=O)COc1ccccc1C(C)(C)C)C(=O)Nc1ccc(C(N)=O)cc1. The number of rotatable bonds is 7. The number of benzene rings is 2. The lowest BCUT2D eigenvalue weighted by atomic mass is 9.86. The third-order valence-corrected chi connectivity index (χ3v) is 4.16. The molecule has 0 aliphatic heterocycles. The maximum absolute atomic E-state index is 12.2. The molecule has 0 aliphatic carbocycles. The van der Waals surface area contributed by atoms with E-state index in [9.17, 15) is 14.4 Å². The van der Waals surface area contributed by atoms with Gasteiger partial charge in [-0.15, -0.1) is 0 Å². The van der Waals surface area contributed by atoms with Gasteiger partial charge < -0.3 is 20.5 Å². The van der Waals surface area contributed by atoms with E-state index in [-0.39, 0.29) is 12.0 Å². The first kappa shape index (κ1) is 21.9. The van der Waals surface area contributed by atoms with E-state index >= 15 is 0 Å². The topological polar surface area (TPSA) is 108 Å². The molecule has 0 heterocycles. The minimum absolute atomic E-state index is 0.141. The van der Waals surface area contributed by atoms with Crippen LogP contribution in [0.25, 0.3) is 0 Å². The molecular formula is C22H26N2O5. The fourth-order valence-electron chi connectivity index (χ4n) is 2.60. The van der Waals surface area contributed by atoms with Gasteiger partial charge >= 0.3 is 5.97 Å². The molecule has 0 aliphatic rings. The highest BCUT2D eigenvalue weighted by Crippen LogP contribution is 2.30. The monoisotopic (exact) mass is 398 g/mol. The van der Waals surface area contributed by atoms with Crippen LogP contribution >= 0.6 is 0 Å². The first-order chi connectivity index (χ1) is 13.6. The smallest absolute Gasteiger partial charge is 0.344 e. The van der Waals surface area contributed by atoms with Gasteiger partial charge in [0, 0.05) is 11.3 Å². The molecule has 0 saturated heterocycles. The van der Waals surface area contributed by atoms with Gasteiger partial charge in [-0.05, 0) is 48.2 Å². The van der Waals surface area contributed by atoms with Gasteiger partial charge in [-0.2, -0.15) is 0 Å². The summed E-state index contributed by atoms with van der Waals surface area (Å²) >= 11 is 0. The van der Waals surface area contributed by atoms with Crippen LogP contribution in [-0.4, -0.2) is 30.5 Å². The van der Waals surface area contributed by atoms with Gasteiger partial charge in [0.2, 0.25) is 5.91 Å². The number of nitrogens with two attached hydrogens (primary N) is 1. The number of amides is 2. The molecule has 1 atom stereocenters. The summed E-state index contributed by atoms with van der Waals surface area (Å²) in [6.07, 6.45) is -1.01. The Morgan fingerprint density at radius 1 is 1.03 bits per heavy atom. The van der Waals surface area contributed by atoms with Crippen molar-refractivity contribution < 1.29 is 23.9 Å². The molecule has 2 rings (SSSR count). The third kappa shape index (κ3) is 6.34. The van der Waals surface area contributed by atoms with Crippen LogP contribution in [0.3, 0.4) is 0 Å². The van der Waals surface area contributed by atoms with E-state index in [4.69, 9.17) is 15.2 Å². The lowest BCUT2D eigenvalue weighted by molar-refractivity contribution is -0.155. The van der Waals surface area contributed by atoms with E-state index in [1.807, 2.05) is 18.2 Å². The number of carbonyl (C=O) groups is 3. The quantitative estimate of drug-likeness (QED) is 0.697. The molecular weight excluding hydrogens is 372 g/mol. The van der Waals surface area contributed by atoms with Gasteiger partial charge in [0.15, 0.2) is 12.7 Å². The van der Waals surface area contributed by atoms with E-state index in [2.05, 4.69) is 26.1 Å². The van der Waals surface area contributed by atoms with Crippen LogP contribution in [0.15, 0.2) is 48.5 Å². The summed E-state index contributed by atoms with van der Waals surface area (Å²) in [6.45, 7) is 7.31. The minimum atomic E-state index is -1.01. The predicted octanol–water partition coefficient (Wildman–Crippen LogP) is 3.03. The van der Waals surface area contributed by atoms with Crippen LogP contribution in [0.4, 0.5) is 5.69 Å². The normalized spacial score (nSPS) is 12.0. The van der Waals surface area contributed by atoms with E-state index in [1.165, 1.54) is 19.1 Å². The van der Waals surface area contributed by atoms with Gasteiger partial charge in [0.25, 0.3) is 5.91 Å². The number of hydrogen-bond acceptors (Lipinski definition) is 5. The van der Waals surface area contributed by atoms with Crippen molar-refractivity contribution in [3.05, 3.63) is 59.7 Å². The first-order valence-electron chi connectivity index (χ1n) is 9.20. The molecule has 7 heteroatoms. The highest BCUT2D eigenvalue weighted by molar-refractivity contribution is 5.96. The van der Waals surface area contributed by atoms with Gasteiger partial charge in [0.05, 0.1) is 0 Å². The highest BCUT2D eigenvalue weighted by Gasteiger charge is 2.21. The lowest BCUT2D eigenvalue weighted by Gasteiger charge is -2.22. The summed E-state index contributed by atoms with van der Waals surface area (Å²) in [5.74, 6) is -1.11. The van der Waals surface area contributed by atoms with Crippen molar-refractivity contribution in [3.63, 3.8) is 0 Å². The standard InChI is InChI=1S/C22H26N2O5/c1-14(21(27)24-16-11-9-15(10-12-16)20(23)26)29-19(25)13-28-18-8-6-5-7-17(18)22(2,3)4/h5-12,14H,13H2,1-4H3,(H2,23,26)(H,24,27)/t14-/m0/s1. The molecule has 0 saturated carbocycles. The Morgan fingerprint density at radius 3 is 2.24 bits per heavy atom. The second-order valence-corrected chi connectivity index (χ2v) is 7.60. The van der Waals surface area contributed by atoms with E-state index in [1.54, 1.807) is 18.2 Å². The Labute approximate surface area is 170 Å². The molecule has 29 heavy (non-hydrogen) atoms. The maximum Gasteiger partial charge on any atom is 0.344 e. The second kappa shape index (κ2) is 9.23. The first-order valence-corrected chi connectivity index (χ1v) is 9.20. The van der Waals surface area contributed by atoms with Crippen LogP contribution < -0.4 is 15.8 Å². The molecule has 2 aromatic carbocycles. The molecule has 0 unspecified atom stereocenters. The van der Waals surface area contributed by atoms with Crippen LogP contribution in [0.1, 0.15) is 43.6 Å². The number of carbonyl (C=O) groups excluding carboxylic acids is 3. The third-order valence-electron chi connectivity index (χ3n) is 4.16. The van der Waals surface area contributed by atoms with E-state index < -0.39 is 23.9 Å². The van der Waals surface area contributed by atoms with Gasteiger partial charge in [-0.1, -0.05) is 39.0 Å². The van der Waals surface area contributed by atoms with Gasteiger partial charge in [0.1, 0.15) is 5.75 Å². The summed E-state index contributed by atoms with van der Waals surface area (Å²) < 4.78 is 10.8. The Morgan fingerprint density at radius 2 is 1.66 bits per heavy atom. The Bertz CT molecular complexity index is 885. The maximum atomic E-state index is 12.2. The Kier molecular flexibility index (Phi) is 6.98. The number of primary amides is 1. The average molecular weight is 398 g/mol. The summed E-state index contributed by atoms with van der Waals surface area (Å²) in [5.41, 5.74) is 6.79. The Hall–Kier alpha value is -3.35. The molecule has 0 radical (unpaired) electrons. The molecule has 0 spiro atoms. The molecule has 0 aromatic heterocycles. The number of ether oxygens (including phenoxy) is 2. The fourth-order valence-corrected chi connectivity index (χ4v) is 2.60. The van der Waals surface area contributed by atoms with Gasteiger partial charge in [-0.25, -0.2) is 4.79 Å². The second-order valence-electron chi connectivity index (χ2n) is 7.60. The van der Waals surface area contributed by atoms with Crippen LogP contribution in [0, 0.1) is 0 Å². The highest BCUT2D eigenvalue weighted by atomic mass is 16.6. The van der Waals surface area contributed by atoms with Crippen molar-refractivity contribution in [3.8, 4) is 5.75 Å². The van der Waals surface area contributed by atoms with Crippen molar-refractivity contribution in [2.75, 3.05) is 11.9 Å². The number of anilines is 1. The summed E-state index contributed by atoms with van der Waals surface area (Å²) in [7, 11) is 0. The van der Waals surface area contributed by atoms with Crippen LogP contribution in [-0.2, 0) is 19.7 Å². The lowest BCUT2D eigenvalue weighted by Crippen LogP contribution is -2.31. The Balaban J connectivity index is 1.89. The number of esters is 1. The zero-order valence-corrected chi connectivity index (χ0v) is 17.0. The largest absolute Gasteiger partial charge is 0.482 e. The fraction of sp³-hybridized carbons (Fsp3) is 0.318. The van der Waals surface area contributed by atoms with Crippen molar-refractivity contribution in [1.29, 1.82) is 0 Å². The van der Waals surface area contributed by atoms with Crippen molar-refractivity contribution in [2.24, 2.45) is 5.73 Å². The summed E-state index contributed by atoms with van der Waals surface area (Å²) in [4.78, 5) is 35.4. The molecule has 2 aromatic rings. The number of para-hydroxylation sites is 1. The molecule has 0 bridgehead atoms. The molecule has 3 N–H and O–H groups in total. The molecule has 2 amide bonds. The average Bonchev–Trinajstić information content (AvgIpc) is 2.66. The van der Waals surface area contributed by atoms with Crippen molar-refractivity contribution >= 4 is 23.5 Å². The summed E-state index contributed by atoms with van der Waals surface area (Å²) in [5, 5.41) is 2.61. The van der Waals surface area contributed by atoms with Crippen molar-refractivity contribution in [1.82, 2.24) is 0 Å². The minimum Gasteiger partial charge on any atom is -0.482 e. The predicted molar refractivity (Wildman–Crippen MR) is 110 cm³/mol. The van der Waals surface area contributed by atoms with Crippen LogP contribution in [0.5, 0.6) is 5.75 Å².